The summed E-state index contributed by atoms with van der Waals surface area (Å²) < 4.78 is 3.86. The van der Waals surface area contributed by atoms with Crippen molar-refractivity contribution in [2.75, 3.05) is 0 Å². The molecule has 0 atom stereocenters. The van der Waals surface area contributed by atoms with Gasteiger partial charge in [-0.3, -0.25) is 14.9 Å². The molecule has 2 aromatic carbocycles. The number of allylic oxidation sites excluding steroid dienone is 1. The Morgan fingerprint density at radius 1 is 1.25 bits per heavy atom. The number of aromatic nitrogens is 1. The third-order valence-electron chi connectivity index (χ3n) is 4.33. The first kappa shape index (κ1) is 18.3. The summed E-state index contributed by atoms with van der Waals surface area (Å²) in [6, 6.07) is 12.3. The molecule has 0 saturated heterocycles. The molecule has 0 N–H and O–H groups in total. The molecule has 0 bridgehead atoms. The van der Waals surface area contributed by atoms with Crippen LogP contribution in [0.15, 0.2) is 60.1 Å². The van der Waals surface area contributed by atoms with E-state index in [4.69, 9.17) is 0 Å². The van der Waals surface area contributed by atoms with Gasteiger partial charge in [0.05, 0.1) is 20.0 Å². The number of hydrogen-bond acceptors (Lipinski definition) is 5. The summed E-state index contributed by atoms with van der Waals surface area (Å²) in [5.74, 6) is -0.356. The molecule has 0 aliphatic carbocycles. The molecule has 2 aromatic heterocycles. The maximum atomic E-state index is 12.8. The summed E-state index contributed by atoms with van der Waals surface area (Å²) in [7, 11) is 0. The molecular formula is C20H15N3O3S2. The third kappa shape index (κ3) is 3.17. The van der Waals surface area contributed by atoms with Gasteiger partial charge in [0.1, 0.15) is 0 Å². The molecule has 4 aromatic rings. The first-order valence-corrected chi connectivity index (χ1v) is 10.1. The normalized spacial score (nSPS) is 12.0. The molecule has 8 heteroatoms. The SMILES string of the molecule is C=CCn1c(=NC(=O)c2cc3cc([N+](=O)[O-])ccc3s2)sc2cccc(C)c21. The molecule has 6 nitrogen and oxygen atoms in total. The molecule has 0 saturated carbocycles. The van der Waals surface area contributed by atoms with Crippen LogP contribution in [0.2, 0.25) is 0 Å². The van der Waals surface area contributed by atoms with Gasteiger partial charge in [-0.15, -0.1) is 17.9 Å². The summed E-state index contributed by atoms with van der Waals surface area (Å²) in [6.45, 7) is 6.38. The molecular weight excluding hydrogens is 394 g/mol. The summed E-state index contributed by atoms with van der Waals surface area (Å²) in [5.41, 5.74) is 2.16. The average Bonchev–Trinajstić information content (AvgIpc) is 3.24. The van der Waals surface area contributed by atoms with E-state index in [0.29, 0.717) is 21.6 Å². The molecule has 0 radical (unpaired) electrons. The standard InChI is InChI=1S/C20H15N3O3S2/c1-3-9-22-18-12(2)5-4-6-16(18)28-20(22)21-19(24)17-11-13-10-14(23(25)26)7-8-15(13)27-17/h3-8,10-11H,1,9H2,2H3. The number of nitrogens with zero attached hydrogens (tertiary/aromatic N) is 3. The van der Waals surface area contributed by atoms with E-state index in [1.54, 1.807) is 18.2 Å². The largest absolute Gasteiger partial charge is 0.312 e. The zero-order valence-corrected chi connectivity index (χ0v) is 16.5. The number of benzene rings is 2. The van der Waals surface area contributed by atoms with Crippen LogP contribution in [-0.2, 0) is 6.54 Å². The van der Waals surface area contributed by atoms with E-state index in [0.717, 1.165) is 20.5 Å². The fourth-order valence-electron chi connectivity index (χ4n) is 3.08. The fraction of sp³-hybridized carbons (Fsp3) is 0.100. The Bertz CT molecular complexity index is 1330. The van der Waals surface area contributed by atoms with E-state index < -0.39 is 4.92 Å². The highest BCUT2D eigenvalue weighted by Gasteiger charge is 2.14. The fourth-order valence-corrected chi connectivity index (χ4v) is 5.13. The van der Waals surface area contributed by atoms with Gasteiger partial charge in [-0.25, -0.2) is 0 Å². The maximum Gasteiger partial charge on any atom is 0.289 e. The second-order valence-electron chi connectivity index (χ2n) is 6.21. The van der Waals surface area contributed by atoms with Crippen molar-refractivity contribution in [2.45, 2.75) is 13.5 Å². The Balaban J connectivity index is 1.83. The van der Waals surface area contributed by atoms with Crippen LogP contribution in [0.1, 0.15) is 15.2 Å². The van der Waals surface area contributed by atoms with Crippen molar-refractivity contribution in [3.63, 3.8) is 0 Å². The number of nitro benzene ring substituents is 1. The minimum absolute atomic E-state index is 0.00467. The Morgan fingerprint density at radius 3 is 2.82 bits per heavy atom. The number of thiophene rings is 1. The highest BCUT2D eigenvalue weighted by Crippen LogP contribution is 2.29. The number of fused-ring (bicyclic) bond motifs is 2. The van der Waals surface area contributed by atoms with Crippen LogP contribution in [0.5, 0.6) is 0 Å². The van der Waals surface area contributed by atoms with Crippen molar-refractivity contribution >= 4 is 54.6 Å². The number of carbonyl (C=O) groups excluding carboxylic acids is 1. The van der Waals surface area contributed by atoms with Crippen molar-refractivity contribution in [1.82, 2.24) is 4.57 Å². The van der Waals surface area contributed by atoms with Gasteiger partial charge < -0.3 is 4.57 Å². The van der Waals surface area contributed by atoms with Crippen molar-refractivity contribution in [1.29, 1.82) is 0 Å². The van der Waals surface area contributed by atoms with E-state index in [1.807, 2.05) is 29.7 Å². The lowest BCUT2D eigenvalue weighted by molar-refractivity contribution is -0.384. The van der Waals surface area contributed by atoms with Gasteiger partial charge in [0.25, 0.3) is 11.6 Å². The molecule has 1 amide bonds. The summed E-state index contributed by atoms with van der Waals surface area (Å²) in [6.07, 6.45) is 1.78. The van der Waals surface area contributed by atoms with Gasteiger partial charge in [0, 0.05) is 28.8 Å². The monoisotopic (exact) mass is 409 g/mol. The Kier molecular flexibility index (Phi) is 4.66. The van der Waals surface area contributed by atoms with Crippen LogP contribution in [0.4, 0.5) is 5.69 Å². The third-order valence-corrected chi connectivity index (χ3v) is 6.48. The van der Waals surface area contributed by atoms with Crippen LogP contribution in [0, 0.1) is 17.0 Å². The predicted octanol–water partition coefficient (Wildman–Crippen LogP) is 5.06. The number of amides is 1. The molecule has 2 heterocycles. The molecule has 28 heavy (non-hydrogen) atoms. The molecule has 0 aliphatic heterocycles. The second kappa shape index (κ2) is 7.14. The number of nitro groups is 1. The summed E-state index contributed by atoms with van der Waals surface area (Å²) in [4.78, 5) is 28.7. The lowest BCUT2D eigenvalue weighted by Crippen LogP contribution is -2.16. The summed E-state index contributed by atoms with van der Waals surface area (Å²) in [5, 5.41) is 11.6. The smallest absolute Gasteiger partial charge is 0.289 e. The molecule has 0 unspecified atom stereocenters. The van der Waals surface area contributed by atoms with E-state index >= 15 is 0 Å². The average molecular weight is 409 g/mol. The van der Waals surface area contributed by atoms with Crippen LogP contribution >= 0.6 is 22.7 Å². The van der Waals surface area contributed by atoms with Gasteiger partial charge in [0.2, 0.25) is 0 Å². The Hall–Kier alpha value is -3.10. The first-order chi connectivity index (χ1) is 13.5. The zero-order valence-electron chi connectivity index (χ0n) is 14.9. The number of thiazole rings is 1. The number of hydrogen-bond donors (Lipinski definition) is 0. The van der Waals surface area contributed by atoms with Crippen molar-refractivity contribution in [2.24, 2.45) is 4.99 Å². The Morgan fingerprint density at radius 2 is 2.07 bits per heavy atom. The number of rotatable bonds is 4. The minimum atomic E-state index is -0.444. The number of aryl methyl sites for hydroxylation is 1. The van der Waals surface area contributed by atoms with Gasteiger partial charge in [-0.1, -0.05) is 29.5 Å². The number of non-ortho nitro benzene ring substituents is 1. The first-order valence-electron chi connectivity index (χ1n) is 8.45. The molecule has 0 fully saturated rings. The molecule has 140 valence electrons. The lowest BCUT2D eigenvalue weighted by atomic mass is 10.2. The van der Waals surface area contributed by atoms with Crippen LogP contribution in [0.25, 0.3) is 20.3 Å². The lowest BCUT2D eigenvalue weighted by Gasteiger charge is -2.03. The predicted molar refractivity (Wildman–Crippen MR) is 113 cm³/mol. The maximum absolute atomic E-state index is 12.8. The highest BCUT2D eigenvalue weighted by molar-refractivity contribution is 7.21. The van der Waals surface area contributed by atoms with Crippen LogP contribution in [0.3, 0.4) is 0 Å². The zero-order chi connectivity index (χ0) is 19.8. The van der Waals surface area contributed by atoms with Gasteiger partial charge in [-0.05, 0) is 30.7 Å². The van der Waals surface area contributed by atoms with E-state index in [9.17, 15) is 14.9 Å². The second-order valence-corrected chi connectivity index (χ2v) is 8.31. The van der Waals surface area contributed by atoms with Gasteiger partial charge >= 0.3 is 0 Å². The highest BCUT2D eigenvalue weighted by atomic mass is 32.1. The minimum Gasteiger partial charge on any atom is -0.312 e. The Labute approximate surface area is 167 Å². The van der Waals surface area contributed by atoms with E-state index in [2.05, 4.69) is 11.6 Å². The number of carbonyl (C=O) groups is 1. The molecule has 0 aliphatic rings. The van der Waals surface area contributed by atoms with Crippen molar-refractivity contribution in [3.8, 4) is 0 Å². The van der Waals surface area contributed by atoms with Crippen molar-refractivity contribution < 1.29 is 9.72 Å². The number of para-hydroxylation sites is 1. The van der Waals surface area contributed by atoms with Crippen LogP contribution < -0.4 is 4.80 Å². The van der Waals surface area contributed by atoms with Crippen LogP contribution in [-0.4, -0.2) is 15.4 Å². The van der Waals surface area contributed by atoms with Gasteiger partial charge in [0.15, 0.2) is 4.80 Å². The van der Waals surface area contributed by atoms with E-state index in [1.165, 1.54) is 34.8 Å². The molecule has 4 rings (SSSR count). The van der Waals surface area contributed by atoms with Gasteiger partial charge in [-0.2, -0.15) is 4.99 Å². The molecule has 0 spiro atoms. The van der Waals surface area contributed by atoms with E-state index in [-0.39, 0.29) is 11.6 Å². The summed E-state index contributed by atoms with van der Waals surface area (Å²) >= 11 is 2.74. The quantitative estimate of drug-likeness (QED) is 0.268. The topological polar surface area (TPSA) is 77.5 Å². The van der Waals surface area contributed by atoms with Crippen molar-refractivity contribution in [3.05, 3.63) is 80.5 Å².